The monoisotopic (exact) mass is 339 g/mol. The molecule has 0 aromatic carbocycles. The third-order valence-electron chi connectivity index (χ3n) is 4.32. The van der Waals surface area contributed by atoms with Gasteiger partial charge in [0, 0.05) is 38.8 Å². The molecule has 2 aliphatic rings. The molecule has 1 aromatic rings. The lowest BCUT2D eigenvalue weighted by molar-refractivity contribution is 0.0528. The zero-order valence-electron chi connectivity index (χ0n) is 13.5. The Labute approximate surface area is 141 Å². The topological polar surface area (TPSA) is 61.8 Å². The van der Waals surface area contributed by atoms with Crippen molar-refractivity contribution in [2.45, 2.75) is 13.0 Å². The van der Waals surface area contributed by atoms with Crippen LogP contribution in [0.4, 0.5) is 5.95 Å². The van der Waals surface area contributed by atoms with Crippen LogP contribution in [0.15, 0.2) is 6.20 Å². The molecule has 3 rings (SSSR count). The fourth-order valence-electron chi connectivity index (χ4n) is 3.00. The van der Waals surface area contributed by atoms with E-state index in [9.17, 15) is 4.79 Å². The van der Waals surface area contributed by atoms with Crippen molar-refractivity contribution < 1.29 is 9.53 Å². The number of morpholine rings is 1. The van der Waals surface area contributed by atoms with Gasteiger partial charge in [0.25, 0.3) is 5.91 Å². The number of aromatic nitrogens is 2. The van der Waals surface area contributed by atoms with E-state index in [0.29, 0.717) is 36.4 Å². The van der Waals surface area contributed by atoms with Crippen LogP contribution in [-0.4, -0.2) is 84.7 Å². The molecule has 1 aromatic heterocycles. The molecule has 0 aliphatic carbocycles. The van der Waals surface area contributed by atoms with E-state index in [2.05, 4.69) is 21.9 Å². The normalized spacial score (nSPS) is 23.2. The van der Waals surface area contributed by atoms with E-state index in [1.807, 2.05) is 16.7 Å². The van der Waals surface area contributed by atoms with Gasteiger partial charge in [0.2, 0.25) is 5.95 Å². The molecule has 2 saturated heterocycles. The van der Waals surface area contributed by atoms with Crippen molar-refractivity contribution in [3.63, 3.8) is 0 Å². The van der Waals surface area contributed by atoms with Crippen molar-refractivity contribution in [1.82, 2.24) is 19.8 Å². The molecule has 1 atom stereocenters. The number of carbonyl (C=O) groups excluding carboxylic acids is 1. The lowest BCUT2D eigenvalue weighted by Crippen LogP contribution is -2.53. The van der Waals surface area contributed by atoms with E-state index in [-0.39, 0.29) is 11.9 Å². The number of rotatable bonds is 2. The van der Waals surface area contributed by atoms with Crippen LogP contribution in [0.2, 0.25) is 5.02 Å². The van der Waals surface area contributed by atoms with Crippen LogP contribution >= 0.6 is 11.6 Å². The molecule has 0 unspecified atom stereocenters. The molecule has 1 amide bonds. The van der Waals surface area contributed by atoms with Gasteiger partial charge in [-0.3, -0.25) is 4.79 Å². The number of halogens is 1. The number of ether oxygens (including phenoxy) is 1. The first kappa shape index (κ1) is 16.4. The Morgan fingerprint density at radius 3 is 2.74 bits per heavy atom. The first-order chi connectivity index (χ1) is 11.1. The van der Waals surface area contributed by atoms with Crippen molar-refractivity contribution >= 4 is 23.5 Å². The van der Waals surface area contributed by atoms with Crippen LogP contribution in [0.1, 0.15) is 17.4 Å². The van der Waals surface area contributed by atoms with E-state index in [1.165, 1.54) is 6.20 Å². The molecule has 0 radical (unpaired) electrons. The van der Waals surface area contributed by atoms with Crippen LogP contribution in [0.25, 0.3) is 0 Å². The third-order valence-corrected chi connectivity index (χ3v) is 4.60. The predicted octanol–water partition coefficient (Wildman–Crippen LogP) is 0.743. The number of nitrogens with zero attached hydrogens (tertiary/aromatic N) is 5. The van der Waals surface area contributed by atoms with Crippen LogP contribution in [0.3, 0.4) is 0 Å². The SMILES string of the molecule is C[C@H]1CN(C)CCN1C(=O)c1nc(N2CCOCC2)ncc1Cl. The Morgan fingerprint density at radius 1 is 1.30 bits per heavy atom. The second-order valence-electron chi connectivity index (χ2n) is 6.08. The highest BCUT2D eigenvalue weighted by Gasteiger charge is 2.29. The van der Waals surface area contributed by atoms with Gasteiger partial charge in [0.15, 0.2) is 5.69 Å². The summed E-state index contributed by atoms with van der Waals surface area (Å²) in [5, 5.41) is 0.304. The molecule has 23 heavy (non-hydrogen) atoms. The number of hydrogen-bond acceptors (Lipinski definition) is 6. The zero-order chi connectivity index (χ0) is 16.4. The Morgan fingerprint density at radius 2 is 2.04 bits per heavy atom. The number of hydrogen-bond donors (Lipinski definition) is 0. The van der Waals surface area contributed by atoms with Gasteiger partial charge in [-0.25, -0.2) is 9.97 Å². The number of anilines is 1. The first-order valence-electron chi connectivity index (χ1n) is 7.91. The van der Waals surface area contributed by atoms with Gasteiger partial charge in [-0.05, 0) is 14.0 Å². The van der Waals surface area contributed by atoms with Crippen LogP contribution in [0, 0.1) is 0 Å². The van der Waals surface area contributed by atoms with Gasteiger partial charge in [-0.15, -0.1) is 0 Å². The Kier molecular flexibility index (Phi) is 4.99. The van der Waals surface area contributed by atoms with Gasteiger partial charge in [0.1, 0.15) is 0 Å². The minimum atomic E-state index is -0.118. The van der Waals surface area contributed by atoms with Crippen LogP contribution in [0.5, 0.6) is 0 Å². The summed E-state index contributed by atoms with van der Waals surface area (Å²) in [7, 11) is 2.06. The molecule has 126 valence electrons. The summed E-state index contributed by atoms with van der Waals surface area (Å²) >= 11 is 6.20. The Hall–Kier alpha value is -1.44. The minimum absolute atomic E-state index is 0.118. The van der Waals surface area contributed by atoms with Crippen LogP contribution in [-0.2, 0) is 4.74 Å². The average Bonchev–Trinajstić information content (AvgIpc) is 2.55. The molecule has 3 heterocycles. The summed E-state index contributed by atoms with van der Waals surface area (Å²) < 4.78 is 5.34. The summed E-state index contributed by atoms with van der Waals surface area (Å²) in [4.78, 5) is 27.7. The lowest BCUT2D eigenvalue weighted by Gasteiger charge is -2.38. The third kappa shape index (κ3) is 3.57. The van der Waals surface area contributed by atoms with E-state index in [1.54, 1.807) is 0 Å². The molecular weight excluding hydrogens is 318 g/mol. The van der Waals surface area contributed by atoms with Gasteiger partial charge >= 0.3 is 0 Å². The minimum Gasteiger partial charge on any atom is -0.378 e. The molecule has 2 aliphatic heterocycles. The van der Waals surface area contributed by atoms with Crippen molar-refractivity contribution in [1.29, 1.82) is 0 Å². The molecule has 8 heteroatoms. The highest BCUT2D eigenvalue weighted by Crippen LogP contribution is 2.21. The van der Waals surface area contributed by atoms with Crippen molar-refractivity contribution in [2.24, 2.45) is 0 Å². The van der Waals surface area contributed by atoms with E-state index < -0.39 is 0 Å². The highest BCUT2D eigenvalue weighted by molar-refractivity contribution is 6.33. The standard InChI is InChI=1S/C15H22ClN5O2/c1-11-10-19(2)3-4-21(11)14(22)13-12(16)9-17-15(18-13)20-5-7-23-8-6-20/h9,11H,3-8,10H2,1-2H3/t11-/m0/s1. The molecule has 0 N–H and O–H groups in total. The van der Waals surface area contributed by atoms with Crippen molar-refractivity contribution in [3.8, 4) is 0 Å². The van der Waals surface area contributed by atoms with E-state index >= 15 is 0 Å². The maximum absolute atomic E-state index is 12.9. The van der Waals surface area contributed by atoms with Crippen LogP contribution < -0.4 is 4.90 Å². The largest absolute Gasteiger partial charge is 0.378 e. The predicted molar refractivity (Wildman–Crippen MR) is 88.1 cm³/mol. The maximum atomic E-state index is 12.9. The summed E-state index contributed by atoms with van der Waals surface area (Å²) in [6.07, 6.45) is 1.52. The Balaban J connectivity index is 1.82. The maximum Gasteiger partial charge on any atom is 0.274 e. The molecule has 0 bridgehead atoms. The Bertz CT molecular complexity index is 579. The van der Waals surface area contributed by atoms with Gasteiger partial charge < -0.3 is 19.4 Å². The second-order valence-corrected chi connectivity index (χ2v) is 6.48. The second kappa shape index (κ2) is 6.98. The first-order valence-corrected chi connectivity index (χ1v) is 8.29. The van der Waals surface area contributed by atoms with Crippen molar-refractivity contribution in [2.75, 3.05) is 57.9 Å². The van der Waals surface area contributed by atoms with Crippen molar-refractivity contribution in [3.05, 3.63) is 16.9 Å². The van der Waals surface area contributed by atoms with Gasteiger partial charge in [-0.2, -0.15) is 0 Å². The van der Waals surface area contributed by atoms with Gasteiger partial charge in [-0.1, -0.05) is 11.6 Å². The summed E-state index contributed by atoms with van der Waals surface area (Å²) in [5.41, 5.74) is 0.291. The molecule has 0 saturated carbocycles. The molecular formula is C15H22ClN5O2. The molecule has 0 spiro atoms. The average molecular weight is 340 g/mol. The highest BCUT2D eigenvalue weighted by atomic mass is 35.5. The zero-order valence-corrected chi connectivity index (χ0v) is 14.3. The molecule has 2 fully saturated rings. The van der Waals surface area contributed by atoms with Gasteiger partial charge in [0.05, 0.1) is 24.4 Å². The smallest absolute Gasteiger partial charge is 0.274 e. The fraction of sp³-hybridized carbons (Fsp3) is 0.667. The number of carbonyl (C=O) groups is 1. The number of amides is 1. The fourth-order valence-corrected chi connectivity index (χ4v) is 3.17. The number of likely N-dealkylation sites (N-methyl/N-ethyl adjacent to an activating group) is 1. The van der Waals surface area contributed by atoms with E-state index in [0.717, 1.165) is 26.2 Å². The van der Waals surface area contributed by atoms with E-state index in [4.69, 9.17) is 16.3 Å². The quantitative estimate of drug-likeness (QED) is 0.792. The lowest BCUT2D eigenvalue weighted by atomic mass is 10.2. The number of piperazine rings is 1. The summed E-state index contributed by atoms with van der Waals surface area (Å²) in [5.74, 6) is 0.426. The molecule has 7 nitrogen and oxygen atoms in total. The summed E-state index contributed by atoms with van der Waals surface area (Å²) in [6, 6.07) is 0.138. The summed E-state index contributed by atoms with van der Waals surface area (Å²) in [6.45, 7) is 7.17.